The highest BCUT2D eigenvalue weighted by molar-refractivity contribution is 7.52. The molecule has 5 heterocycles. The summed E-state index contributed by atoms with van der Waals surface area (Å²) in [6.07, 6.45) is 2.55. The number of nitrogens with one attached hydrogen (secondary N) is 4. The van der Waals surface area contributed by atoms with Gasteiger partial charge in [0, 0.05) is 55.7 Å². The number of aliphatic hydroxyl groups is 1. The van der Waals surface area contributed by atoms with Crippen molar-refractivity contribution in [2.75, 3.05) is 39.4 Å². The van der Waals surface area contributed by atoms with Crippen molar-refractivity contribution < 1.29 is 71.3 Å². The minimum absolute atomic E-state index is 0.0373. The van der Waals surface area contributed by atoms with Crippen LogP contribution >= 0.6 is 30.3 Å². The Kier molecular flexibility index (Phi) is 22.9. The number of ether oxygens (including phenoxy) is 2. The molecular formula is C69H85F2N8O13PS2. The van der Waals surface area contributed by atoms with Gasteiger partial charge in [0.05, 0.1) is 46.3 Å². The second-order valence-corrected chi connectivity index (χ2v) is 30.5. The molecule has 7 N–H and O–H groups in total. The van der Waals surface area contributed by atoms with Gasteiger partial charge in [0.15, 0.2) is 6.61 Å². The van der Waals surface area contributed by atoms with Gasteiger partial charge in [0.2, 0.25) is 29.5 Å². The Balaban J connectivity index is 0.756. The summed E-state index contributed by atoms with van der Waals surface area (Å²) in [7, 11) is -5.87. The number of thiazole rings is 1. The zero-order chi connectivity index (χ0) is 68.7. The van der Waals surface area contributed by atoms with E-state index in [-0.39, 0.29) is 98.6 Å². The molecule has 3 aliphatic heterocycles. The highest BCUT2D eigenvalue weighted by Crippen LogP contribution is 2.59. The number of nitrogens with zero attached hydrogens (tertiary/aromatic N) is 4. The van der Waals surface area contributed by atoms with Gasteiger partial charge < -0.3 is 60.3 Å². The number of unbranched alkanes of at least 4 members (excludes halogenated alkanes) is 4. The molecular weight excluding hydrogens is 1280 g/mol. The normalized spacial score (nSPS) is 18.7. The molecule has 0 bridgehead atoms. The predicted octanol–water partition coefficient (Wildman–Crippen LogP) is 9.46. The number of morpholine rings is 1. The lowest BCUT2D eigenvalue weighted by molar-refractivity contribution is -0.153. The lowest BCUT2D eigenvalue weighted by Crippen LogP contribution is -2.61. The fourth-order valence-electron chi connectivity index (χ4n) is 12.2. The highest BCUT2D eigenvalue weighted by Gasteiger charge is 2.51. The molecule has 0 unspecified atom stereocenters. The Hall–Kier alpha value is -7.51. The molecule has 26 heteroatoms. The van der Waals surface area contributed by atoms with Gasteiger partial charge in [-0.3, -0.25) is 38.1 Å². The number of alkyl halides is 2. The molecule has 0 aliphatic carbocycles. The third kappa shape index (κ3) is 17.6. The minimum atomic E-state index is -5.87. The summed E-state index contributed by atoms with van der Waals surface area (Å²) in [5.74, 6) is -2.72. The topological polar surface area (TPSA) is 286 Å². The number of hydrogen-bond donors (Lipinski definition) is 7. The zero-order valence-electron chi connectivity index (χ0n) is 54.7. The number of fused-ring (bicyclic) bond motifs is 2. The van der Waals surface area contributed by atoms with Crippen LogP contribution in [0.25, 0.3) is 20.5 Å². The van der Waals surface area contributed by atoms with Gasteiger partial charge in [-0.15, -0.1) is 22.7 Å². The number of aryl methyl sites for hydroxylation is 1. The predicted molar refractivity (Wildman–Crippen MR) is 357 cm³/mol. The first-order valence-electron chi connectivity index (χ1n) is 32.0. The number of β-amino-alcohol motifs (C(OH)–C–C–N with tert-alkyl or cyclic N) is 1. The molecule has 7 amide bonds. The molecule has 0 radical (unpaired) electrons. The average molecular weight is 1370 g/mol. The summed E-state index contributed by atoms with van der Waals surface area (Å²) in [5, 5.41) is 22.6. The molecule has 7 atom stereocenters. The standard InChI is InChI=1S/C69H85F2N8O13PS2/c1-41(43-20-22-45(23-21-43)59-42(2)73-40-94-59)74-62(83)52-35-50(80)37-79(52)65(86)60(67(3,4)5)75-57(81)19-15-10-9-11-16-28-72-58(82)39-92-51-26-24-46-33-53(64(85)77-29-30-91-54(38-77)44-17-13-12-14-18-44)78(36-48(46)32-51)66(87)61(68(6,7)8)76-63(84)56-34-47-31-49(25-27-55(47)95-56)69(70,71)93(88,89)90/h12-14,17-18,20-27,31-32,34,40-41,50,52-54,60-61,80H,9-11,15-16,19,28-30,33,35-39H2,1-8H3,(H,72,82)(H,74,83)(H,75,81)(H,76,84)(H2,88,89,90)/t41-,50+,52-,53-,54-,60+,61+/m0/s1. The van der Waals surface area contributed by atoms with E-state index in [9.17, 15) is 57.0 Å². The van der Waals surface area contributed by atoms with Crippen molar-refractivity contribution in [3.05, 3.63) is 141 Å². The first-order chi connectivity index (χ1) is 44.9. The molecule has 95 heavy (non-hydrogen) atoms. The number of benzene rings is 4. The van der Waals surface area contributed by atoms with Gasteiger partial charge in [0.1, 0.15) is 36.0 Å². The highest BCUT2D eigenvalue weighted by atomic mass is 32.1. The van der Waals surface area contributed by atoms with Crippen LogP contribution in [0.1, 0.15) is 149 Å². The van der Waals surface area contributed by atoms with E-state index in [1.807, 2.05) is 89.2 Å². The Morgan fingerprint density at radius 1 is 0.779 bits per heavy atom. The summed E-state index contributed by atoms with van der Waals surface area (Å²) in [6.45, 7) is 15.3. The van der Waals surface area contributed by atoms with Crippen LogP contribution in [0.15, 0.2) is 103 Å². The van der Waals surface area contributed by atoms with Gasteiger partial charge in [0.25, 0.3) is 11.8 Å². The molecule has 21 nitrogen and oxygen atoms in total. The number of amides is 7. The smallest absolute Gasteiger partial charge is 0.399 e. The van der Waals surface area contributed by atoms with Crippen molar-refractivity contribution in [1.82, 2.24) is 41.0 Å². The van der Waals surface area contributed by atoms with Crippen LogP contribution in [0.5, 0.6) is 5.75 Å². The van der Waals surface area contributed by atoms with E-state index in [4.69, 9.17) is 9.47 Å². The molecule has 6 aromatic rings. The SMILES string of the molecule is Cc1ncsc1-c1ccc([C@H](C)NC(=O)[C@@H]2C[C@@H](O)CN2C(=O)[C@@H](NC(=O)CCCCCCCNC(=O)COc2ccc3c(c2)CN(C(=O)[C@@H](NC(=O)c2cc4cc(C(F)(F)P(=O)(O)O)ccc4s2)C(C)(C)C)[C@H](C(=O)N2CCO[C@H](c4ccccc4)C2)C3)C(C)(C)C)cc1. The van der Waals surface area contributed by atoms with E-state index in [1.165, 1.54) is 21.9 Å². The van der Waals surface area contributed by atoms with Crippen molar-refractivity contribution in [3.8, 4) is 16.2 Å². The third-order valence-corrected chi connectivity index (χ3v) is 20.7. The lowest BCUT2D eigenvalue weighted by Gasteiger charge is -2.43. The monoisotopic (exact) mass is 1370 g/mol. The number of rotatable bonds is 24. The molecule has 3 aliphatic rings. The van der Waals surface area contributed by atoms with Gasteiger partial charge in [-0.1, -0.05) is 128 Å². The van der Waals surface area contributed by atoms with Crippen LogP contribution in [-0.4, -0.2) is 146 Å². The molecule has 2 fully saturated rings. The maximum atomic E-state index is 15.2. The van der Waals surface area contributed by atoms with Crippen LogP contribution in [0.3, 0.4) is 0 Å². The maximum Gasteiger partial charge on any atom is 0.399 e. The average Bonchev–Trinajstić information content (AvgIpc) is 1.47. The number of carbonyl (C=O) groups excluding carboxylic acids is 7. The molecule has 9 rings (SSSR count). The van der Waals surface area contributed by atoms with Crippen LogP contribution < -0.4 is 26.0 Å². The Morgan fingerprint density at radius 3 is 2.15 bits per heavy atom. The molecule has 0 saturated carbocycles. The molecule has 2 saturated heterocycles. The summed E-state index contributed by atoms with van der Waals surface area (Å²) in [5.41, 5.74) is -0.0835. The first-order valence-corrected chi connectivity index (χ1v) is 35.3. The van der Waals surface area contributed by atoms with Crippen molar-refractivity contribution in [3.63, 3.8) is 0 Å². The van der Waals surface area contributed by atoms with Gasteiger partial charge in [-0.25, -0.2) is 4.98 Å². The van der Waals surface area contributed by atoms with Gasteiger partial charge >= 0.3 is 13.3 Å². The van der Waals surface area contributed by atoms with Crippen molar-refractivity contribution >= 4 is 81.7 Å². The summed E-state index contributed by atoms with van der Waals surface area (Å²) in [6, 6.07) is 22.5. The minimum Gasteiger partial charge on any atom is -0.484 e. The summed E-state index contributed by atoms with van der Waals surface area (Å²) in [4.78, 5) is 127. The van der Waals surface area contributed by atoms with Crippen molar-refractivity contribution in [2.45, 2.75) is 161 Å². The van der Waals surface area contributed by atoms with E-state index in [0.29, 0.717) is 35.4 Å². The molecule has 510 valence electrons. The Bertz CT molecular complexity index is 3810. The summed E-state index contributed by atoms with van der Waals surface area (Å²) < 4.78 is 53.5. The zero-order valence-corrected chi connectivity index (χ0v) is 57.2. The van der Waals surface area contributed by atoms with E-state index in [1.54, 1.807) is 60.7 Å². The molecule has 0 spiro atoms. The first kappa shape index (κ1) is 71.8. The van der Waals surface area contributed by atoms with Crippen LogP contribution in [-0.2, 0) is 56.7 Å². The fourth-order valence-corrected chi connectivity index (χ4v) is 14.4. The van der Waals surface area contributed by atoms with Gasteiger partial charge in [-0.05, 0) is 101 Å². The number of hydrogen-bond acceptors (Lipinski definition) is 14. The molecule has 2 aromatic heterocycles. The second kappa shape index (κ2) is 30.3. The van der Waals surface area contributed by atoms with Crippen LogP contribution in [0.2, 0.25) is 0 Å². The van der Waals surface area contributed by atoms with E-state index >= 15 is 4.79 Å². The molecule has 4 aromatic carbocycles. The van der Waals surface area contributed by atoms with Gasteiger partial charge in [-0.2, -0.15) is 8.78 Å². The van der Waals surface area contributed by atoms with Crippen LogP contribution in [0.4, 0.5) is 8.78 Å². The van der Waals surface area contributed by atoms with E-state index < -0.39 is 83.7 Å². The quantitative estimate of drug-likeness (QED) is 0.0220. The Morgan fingerprint density at radius 2 is 1.46 bits per heavy atom. The van der Waals surface area contributed by atoms with Crippen molar-refractivity contribution in [1.29, 1.82) is 0 Å². The number of likely N-dealkylation sites (tertiary alicyclic amines) is 1. The fraction of sp³-hybridized carbons (Fsp3) is 0.478. The lowest BCUT2D eigenvalue weighted by atomic mass is 9.84. The number of thiophene rings is 1. The van der Waals surface area contributed by atoms with E-state index in [2.05, 4.69) is 26.3 Å². The number of aliphatic hydroxyl groups excluding tert-OH is 1. The second-order valence-electron chi connectivity index (χ2n) is 26.9. The third-order valence-electron chi connectivity index (χ3n) is 17.6. The maximum absolute atomic E-state index is 15.2. The summed E-state index contributed by atoms with van der Waals surface area (Å²) >= 11 is 2.50. The number of aromatic nitrogens is 1. The van der Waals surface area contributed by atoms with Crippen molar-refractivity contribution in [2.24, 2.45) is 10.8 Å². The van der Waals surface area contributed by atoms with E-state index in [0.717, 1.165) is 75.6 Å². The number of carbonyl (C=O) groups is 7. The number of halogens is 2. The van der Waals surface area contributed by atoms with Crippen LogP contribution in [0, 0.1) is 17.8 Å². The largest absolute Gasteiger partial charge is 0.484 e. The Labute approximate surface area is 559 Å².